The molecule has 0 radical (unpaired) electrons. The standard InChI is InChI=1S/C71H138O17P2/c1-8-10-11-12-13-14-19-23-32-40-47-54-70(75)88-67(59-82-69(74)53-46-39-34-27-29-36-43-50-63(5)6)61-86-90(79,80)84-57-65(72)56-83-89(77,78)85-60-66(58-81-68(73)52-45-38-31-26-25-28-35-42-49-62(3)4)87-71(76)55-48-41-33-24-21-18-16-15-17-20-22-30-37-44-51-64(7)9-2/h62-67,72H,8-61H2,1-7H3,(H,77,78)(H,79,80)/t64?,65-,66-,67-/m1/s1. The molecule has 0 rings (SSSR count). The molecule has 90 heavy (non-hydrogen) atoms. The molecule has 534 valence electrons. The van der Waals surface area contributed by atoms with Crippen molar-refractivity contribution in [2.24, 2.45) is 17.8 Å². The zero-order chi connectivity index (χ0) is 66.6. The SMILES string of the molecule is CCCCCCCCCCCCCC(=O)O[C@H](COC(=O)CCCCCCCCCC(C)C)COP(=O)(O)OC[C@H](O)COP(=O)(O)OC[C@@H](COC(=O)CCCCCCCCCCC(C)C)OC(=O)CCCCCCCCCCCCCCCCC(C)CC. The summed E-state index contributed by atoms with van der Waals surface area (Å²) in [6.45, 7) is 11.8. The van der Waals surface area contributed by atoms with Gasteiger partial charge in [-0.25, -0.2) is 9.13 Å². The maximum atomic E-state index is 13.0. The molecule has 0 aromatic carbocycles. The Morgan fingerprint density at radius 2 is 0.567 bits per heavy atom. The van der Waals surface area contributed by atoms with Gasteiger partial charge in [0.05, 0.1) is 26.4 Å². The van der Waals surface area contributed by atoms with E-state index in [0.717, 1.165) is 108 Å². The molecule has 0 aromatic heterocycles. The predicted molar refractivity (Wildman–Crippen MR) is 363 cm³/mol. The summed E-state index contributed by atoms with van der Waals surface area (Å²) in [6.07, 6.45) is 45.8. The van der Waals surface area contributed by atoms with Crippen molar-refractivity contribution >= 4 is 39.5 Å². The van der Waals surface area contributed by atoms with Crippen LogP contribution >= 0.6 is 15.6 Å². The maximum Gasteiger partial charge on any atom is 0.472 e. The molecule has 0 aliphatic heterocycles. The van der Waals surface area contributed by atoms with E-state index in [9.17, 15) is 43.2 Å². The molecule has 0 aliphatic rings. The van der Waals surface area contributed by atoms with Crippen molar-refractivity contribution in [1.29, 1.82) is 0 Å². The third kappa shape index (κ3) is 63.5. The highest BCUT2D eigenvalue weighted by Gasteiger charge is 2.30. The predicted octanol–water partition coefficient (Wildman–Crippen LogP) is 20.2. The number of phosphoric ester groups is 2. The largest absolute Gasteiger partial charge is 0.472 e. The molecule has 3 N–H and O–H groups in total. The minimum Gasteiger partial charge on any atom is -0.462 e. The first-order valence-corrected chi connectivity index (χ1v) is 39.9. The van der Waals surface area contributed by atoms with E-state index in [1.165, 1.54) is 161 Å². The average molecular weight is 1330 g/mol. The van der Waals surface area contributed by atoms with Gasteiger partial charge in [-0.3, -0.25) is 37.3 Å². The Hall–Kier alpha value is -1.94. The van der Waals surface area contributed by atoms with Crippen LogP contribution in [0.3, 0.4) is 0 Å². The minimum atomic E-state index is -4.95. The molecule has 17 nitrogen and oxygen atoms in total. The number of hydrogen-bond acceptors (Lipinski definition) is 15. The summed E-state index contributed by atoms with van der Waals surface area (Å²) in [7, 11) is -9.90. The van der Waals surface area contributed by atoms with Crippen molar-refractivity contribution in [3.63, 3.8) is 0 Å². The average Bonchev–Trinajstić information content (AvgIpc) is 3.46. The maximum absolute atomic E-state index is 13.0. The van der Waals surface area contributed by atoms with Crippen LogP contribution in [-0.4, -0.2) is 96.7 Å². The number of esters is 4. The van der Waals surface area contributed by atoms with E-state index in [2.05, 4.69) is 48.5 Å². The van der Waals surface area contributed by atoms with E-state index >= 15 is 0 Å². The number of carbonyl (C=O) groups is 4. The van der Waals surface area contributed by atoms with Crippen molar-refractivity contribution in [2.45, 2.75) is 375 Å². The van der Waals surface area contributed by atoms with E-state index in [4.69, 9.17) is 37.0 Å². The van der Waals surface area contributed by atoms with Gasteiger partial charge in [-0.05, 0) is 43.4 Å². The molecule has 0 heterocycles. The number of phosphoric acid groups is 2. The van der Waals surface area contributed by atoms with Crippen LogP contribution in [0.5, 0.6) is 0 Å². The van der Waals surface area contributed by atoms with Gasteiger partial charge in [0, 0.05) is 25.7 Å². The van der Waals surface area contributed by atoms with Crippen molar-refractivity contribution < 1.29 is 80.2 Å². The van der Waals surface area contributed by atoms with Crippen LogP contribution in [0.2, 0.25) is 0 Å². The van der Waals surface area contributed by atoms with Gasteiger partial charge >= 0.3 is 39.5 Å². The molecule has 6 atom stereocenters. The molecular weight excluding hydrogens is 1190 g/mol. The Kier molecular flexibility index (Phi) is 60.6. The fourth-order valence-electron chi connectivity index (χ4n) is 10.7. The highest BCUT2D eigenvalue weighted by atomic mass is 31.2. The lowest BCUT2D eigenvalue weighted by Gasteiger charge is -2.21. The van der Waals surface area contributed by atoms with Gasteiger partial charge in [-0.15, -0.1) is 0 Å². The number of rotatable bonds is 69. The molecule has 0 saturated heterocycles. The van der Waals surface area contributed by atoms with Crippen LogP contribution in [0.4, 0.5) is 0 Å². The smallest absolute Gasteiger partial charge is 0.462 e. The summed E-state index contributed by atoms with van der Waals surface area (Å²) in [4.78, 5) is 72.5. The molecule has 3 unspecified atom stereocenters. The van der Waals surface area contributed by atoms with E-state index in [1.807, 2.05) is 0 Å². The summed E-state index contributed by atoms with van der Waals surface area (Å²) in [5.41, 5.74) is 0. The van der Waals surface area contributed by atoms with Gasteiger partial charge < -0.3 is 33.8 Å². The number of aliphatic hydroxyl groups excluding tert-OH is 1. The Bertz CT molecular complexity index is 1770. The van der Waals surface area contributed by atoms with Gasteiger partial charge in [0.25, 0.3) is 0 Å². The number of aliphatic hydroxyl groups is 1. The summed E-state index contributed by atoms with van der Waals surface area (Å²) in [6, 6.07) is 0. The molecule has 0 saturated carbocycles. The van der Waals surface area contributed by atoms with Gasteiger partial charge in [0.1, 0.15) is 19.3 Å². The van der Waals surface area contributed by atoms with Crippen molar-refractivity contribution in [3.8, 4) is 0 Å². The summed E-state index contributed by atoms with van der Waals surface area (Å²) in [5.74, 6) is 0.152. The molecule has 0 fully saturated rings. The third-order valence-corrected chi connectivity index (χ3v) is 18.6. The fourth-order valence-corrected chi connectivity index (χ4v) is 12.3. The zero-order valence-corrected chi connectivity index (χ0v) is 60.4. The van der Waals surface area contributed by atoms with Crippen LogP contribution in [0.15, 0.2) is 0 Å². The van der Waals surface area contributed by atoms with E-state index in [1.54, 1.807) is 0 Å². The van der Waals surface area contributed by atoms with Crippen LogP contribution in [0.25, 0.3) is 0 Å². The van der Waals surface area contributed by atoms with Crippen molar-refractivity contribution in [3.05, 3.63) is 0 Å². The lowest BCUT2D eigenvalue weighted by Crippen LogP contribution is -2.30. The fraction of sp³-hybridized carbons (Fsp3) is 0.944. The number of ether oxygens (including phenoxy) is 4. The van der Waals surface area contributed by atoms with Crippen LogP contribution in [-0.2, 0) is 65.4 Å². The quantitative estimate of drug-likeness (QED) is 0.0222. The Morgan fingerprint density at radius 3 is 0.844 bits per heavy atom. The first-order chi connectivity index (χ1) is 43.3. The van der Waals surface area contributed by atoms with E-state index in [-0.39, 0.29) is 25.7 Å². The summed E-state index contributed by atoms with van der Waals surface area (Å²) in [5, 5.41) is 10.6. The highest BCUT2D eigenvalue weighted by Crippen LogP contribution is 2.45. The number of hydrogen-bond donors (Lipinski definition) is 3. The third-order valence-electron chi connectivity index (χ3n) is 16.7. The monoisotopic (exact) mass is 1320 g/mol. The van der Waals surface area contributed by atoms with Crippen LogP contribution in [0.1, 0.15) is 357 Å². The summed E-state index contributed by atoms with van der Waals surface area (Å²) >= 11 is 0. The minimum absolute atomic E-state index is 0.106. The Labute approximate surface area is 549 Å². The normalized spacial score (nSPS) is 14.5. The topological polar surface area (TPSA) is 237 Å². The lowest BCUT2D eigenvalue weighted by atomic mass is 9.99. The molecule has 0 bridgehead atoms. The van der Waals surface area contributed by atoms with E-state index in [0.29, 0.717) is 31.6 Å². The lowest BCUT2D eigenvalue weighted by molar-refractivity contribution is -0.161. The second-order valence-corrected chi connectivity index (χ2v) is 29.7. The highest BCUT2D eigenvalue weighted by molar-refractivity contribution is 7.47. The first-order valence-electron chi connectivity index (χ1n) is 36.9. The van der Waals surface area contributed by atoms with Gasteiger partial charge in [-0.2, -0.15) is 0 Å². The molecular formula is C71H138O17P2. The van der Waals surface area contributed by atoms with Crippen molar-refractivity contribution in [2.75, 3.05) is 39.6 Å². The molecule has 19 heteroatoms. The van der Waals surface area contributed by atoms with Crippen molar-refractivity contribution in [1.82, 2.24) is 0 Å². The number of carbonyl (C=O) groups excluding carboxylic acids is 4. The molecule has 0 amide bonds. The first kappa shape index (κ1) is 88.1. The summed E-state index contributed by atoms with van der Waals surface area (Å²) < 4.78 is 68.3. The Morgan fingerprint density at radius 1 is 0.322 bits per heavy atom. The second kappa shape index (κ2) is 61.9. The molecule has 0 spiro atoms. The number of unbranched alkanes of at least 4 members (excludes halogenated alkanes) is 36. The molecule has 0 aliphatic carbocycles. The molecule has 0 aromatic rings. The second-order valence-electron chi connectivity index (χ2n) is 26.8. The Balaban J connectivity index is 5.22. The van der Waals surface area contributed by atoms with Crippen LogP contribution in [0, 0.1) is 17.8 Å². The van der Waals surface area contributed by atoms with Gasteiger partial charge in [0.15, 0.2) is 12.2 Å². The van der Waals surface area contributed by atoms with Crippen LogP contribution < -0.4 is 0 Å². The van der Waals surface area contributed by atoms with Gasteiger partial charge in [0.2, 0.25) is 0 Å². The van der Waals surface area contributed by atoms with E-state index < -0.39 is 97.5 Å². The zero-order valence-electron chi connectivity index (χ0n) is 58.6. The van der Waals surface area contributed by atoms with Gasteiger partial charge in [-0.1, -0.05) is 305 Å².